The van der Waals surface area contributed by atoms with Crippen LogP contribution in [-0.4, -0.2) is 24.7 Å². The van der Waals surface area contributed by atoms with Crippen LogP contribution in [0.1, 0.15) is 0 Å². The summed E-state index contributed by atoms with van der Waals surface area (Å²) in [6, 6.07) is 14.0. The number of para-hydroxylation sites is 2. The number of halogens is 1. The molecule has 3 aromatic heterocycles. The maximum absolute atomic E-state index is 14.3. The molecule has 0 aliphatic heterocycles. The highest BCUT2D eigenvalue weighted by Gasteiger charge is 2.19. The van der Waals surface area contributed by atoms with E-state index >= 15 is 0 Å². The quantitative estimate of drug-likeness (QED) is 0.475. The molecule has 0 spiro atoms. The highest BCUT2D eigenvalue weighted by Crippen LogP contribution is 2.29. The Balaban J connectivity index is 2.06. The van der Waals surface area contributed by atoms with E-state index in [0.717, 1.165) is 11.0 Å². The van der Waals surface area contributed by atoms with Crippen LogP contribution in [0.2, 0.25) is 0 Å². The van der Waals surface area contributed by atoms with E-state index in [2.05, 4.69) is 20.3 Å². The topological polar surface area (TPSA) is 69.1 Å². The minimum absolute atomic E-state index is 0.297. The predicted molar refractivity (Wildman–Crippen MR) is 81.2 cm³/mol. The molecule has 110 valence electrons. The first-order valence-electron chi connectivity index (χ1n) is 6.97. The molecule has 2 aromatic carbocycles. The minimum atomic E-state index is -0.366. The molecule has 5 rings (SSSR count). The maximum atomic E-state index is 14.3. The summed E-state index contributed by atoms with van der Waals surface area (Å²) in [5.74, 6) is 0.0462. The molecular formula is C16H8FN5O. The van der Waals surface area contributed by atoms with Gasteiger partial charge in [-0.1, -0.05) is 24.3 Å². The van der Waals surface area contributed by atoms with Crippen LogP contribution in [0.5, 0.6) is 0 Å². The van der Waals surface area contributed by atoms with Gasteiger partial charge in [0.05, 0.1) is 16.6 Å². The van der Waals surface area contributed by atoms with Crippen molar-refractivity contribution in [1.82, 2.24) is 24.7 Å². The first kappa shape index (κ1) is 12.2. The fourth-order valence-corrected chi connectivity index (χ4v) is 2.77. The van der Waals surface area contributed by atoms with E-state index in [1.807, 2.05) is 24.3 Å². The second-order valence-electron chi connectivity index (χ2n) is 5.11. The van der Waals surface area contributed by atoms with Crippen LogP contribution in [0.4, 0.5) is 4.39 Å². The van der Waals surface area contributed by atoms with Crippen molar-refractivity contribution in [2.45, 2.75) is 0 Å². The molecule has 0 N–H and O–H groups in total. The molecular weight excluding hydrogens is 297 g/mol. The van der Waals surface area contributed by atoms with Crippen molar-refractivity contribution in [3.05, 3.63) is 54.3 Å². The largest absolute Gasteiger partial charge is 0.274 e. The summed E-state index contributed by atoms with van der Waals surface area (Å²) in [7, 11) is 0. The Morgan fingerprint density at radius 1 is 0.913 bits per heavy atom. The Morgan fingerprint density at radius 3 is 2.65 bits per heavy atom. The van der Waals surface area contributed by atoms with Crippen LogP contribution < -0.4 is 0 Å². The molecule has 7 heteroatoms. The molecule has 0 saturated heterocycles. The Bertz CT molecular complexity index is 1190. The molecule has 0 atom stereocenters. The lowest BCUT2D eigenvalue weighted by Crippen LogP contribution is -1.99. The number of benzene rings is 2. The van der Waals surface area contributed by atoms with Crippen LogP contribution in [0.3, 0.4) is 0 Å². The van der Waals surface area contributed by atoms with Crippen LogP contribution >= 0.6 is 0 Å². The van der Waals surface area contributed by atoms with Crippen molar-refractivity contribution in [3.8, 4) is 11.4 Å². The van der Waals surface area contributed by atoms with E-state index in [4.69, 9.17) is 4.63 Å². The van der Waals surface area contributed by atoms with Crippen LogP contribution in [0.25, 0.3) is 39.2 Å². The lowest BCUT2D eigenvalue weighted by molar-refractivity contribution is 0.315. The summed E-state index contributed by atoms with van der Waals surface area (Å²) in [5.41, 5.74) is 3.23. The molecule has 0 bridgehead atoms. The second-order valence-corrected chi connectivity index (χ2v) is 5.11. The van der Waals surface area contributed by atoms with Gasteiger partial charge in [0.25, 0.3) is 0 Å². The van der Waals surface area contributed by atoms with Gasteiger partial charge in [0.2, 0.25) is 5.65 Å². The third-order valence-electron chi connectivity index (χ3n) is 3.78. The molecule has 0 aliphatic carbocycles. The van der Waals surface area contributed by atoms with E-state index in [1.165, 1.54) is 6.07 Å². The van der Waals surface area contributed by atoms with Gasteiger partial charge in [0, 0.05) is 0 Å². The molecule has 3 heterocycles. The molecule has 6 nitrogen and oxygen atoms in total. The van der Waals surface area contributed by atoms with Gasteiger partial charge in [-0.05, 0) is 34.6 Å². The molecule has 0 saturated carbocycles. The zero-order valence-corrected chi connectivity index (χ0v) is 11.6. The summed E-state index contributed by atoms with van der Waals surface area (Å²) < 4.78 is 20.9. The number of aromatic nitrogens is 5. The average molecular weight is 305 g/mol. The first-order chi connectivity index (χ1) is 11.3. The Kier molecular flexibility index (Phi) is 2.30. The number of imidazole rings is 1. The van der Waals surface area contributed by atoms with E-state index in [9.17, 15) is 4.39 Å². The molecule has 5 aromatic rings. The van der Waals surface area contributed by atoms with Crippen LogP contribution in [-0.2, 0) is 0 Å². The molecule has 23 heavy (non-hydrogen) atoms. The number of hydrogen-bond donors (Lipinski definition) is 0. The van der Waals surface area contributed by atoms with Gasteiger partial charge < -0.3 is 0 Å². The van der Waals surface area contributed by atoms with E-state index in [0.29, 0.717) is 28.2 Å². The van der Waals surface area contributed by atoms with E-state index in [1.54, 1.807) is 22.6 Å². The van der Waals surface area contributed by atoms with Gasteiger partial charge in [-0.2, -0.15) is 0 Å². The Hall–Kier alpha value is -3.35. The van der Waals surface area contributed by atoms with Crippen molar-refractivity contribution in [2.75, 3.05) is 0 Å². The van der Waals surface area contributed by atoms with Gasteiger partial charge in [-0.3, -0.25) is 4.40 Å². The highest BCUT2D eigenvalue weighted by atomic mass is 19.1. The minimum Gasteiger partial charge on any atom is -0.274 e. The smallest absolute Gasteiger partial charge is 0.229 e. The summed E-state index contributed by atoms with van der Waals surface area (Å²) in [5, 5.41) is 7.66. The number of rotatable bonds is 1. The van der Waals surface area contributed by atoms with Gasteiger partial charge in [-0.25, -0.2) is 19.0 Å². The van der Waals surface area contributed by atoms with Crippen LogP contribution in [0.15, 0.2) is 53.2 Å². The molecule has 0 unspecified atom stereocenters. The van der Waals surface area contributed by atoms with Crippen molar-refractivity contribution in [2.24, 2.45) is 0 Å². The third kappa shape index (κ3) is 1.61. The monoisotopic (exact) mass is 305 g/mol. The van der Waals surface area contributed by atoms with Crippen LogP contribution in [0, 0.1) is 5.82 Å². The average Bonchev–Trinajstić information content (AvgIpc) is 3.18. The first-order valence-corrected chi connectivity index (χ1v) is 6.97. The summed E-state index contributed by atoms with van der Waals surface area (Å²) >= 11 is 0. The zero-order chi connectivity index (χ0) is 15.4. The van der Waals surface area contributed by atoms with Crippen molar-refractivity contribution in [1.29, 1.82) is 0 Å². The predicted octanol–water partition coefficient (Wildman–Crippen LogP) is 3.22. The van der Waals surface area contributed by atoms with Gasteiger partial charge >= 0.3 is 0 Å². The maximum Gasteiger partial charge on any atom is 0.229 e. The van der Waals surface area contributed by atoms with E-state index in [-0.39, 0.29) is 5.82 Å². The zero-order valence-electron chi connectivity index (χ0n) is 11.6. The third-order valence-corrected chi connectivity index (χ3v) is 3.78. The summed E-state index contributed by atoms with van der Waals surface area (Å²) in [6.07, 6.45) is 0. The lowest BCUT2D eigenvalue weighted by Gasteiger charge is -2.06. The van der Waals surface area contributed by atoms with Crippen molar-refractivity contribution < 1.29 is 9.02 Å². The van der Waals surface area contributed by atoms with E-state index < -0.39 is 0 Å². The fourth-order valence-electron chi connectivity index (χ4n) is 2.77. The number of nitrogens with zero attached hydrogens (tertiary/aromatic N) is 5. The Morgan fingerprint density at radius 2 is 1.74 bits per heavy atom. The van der Waals surface area contributed by atoms with Gasteiger partial charge in [0.1, 0.15) is 5.82 Å². The highest BCUT2D eigenvalue weighted by molar-refractivity contribution is 5.94. The standard InChI is InChI=1S/C16H8FN5O/c17-10-6-2-1-5-9(10)15-19-14-13(20-23-21-14)16-18-11-7-3-4-8-12(11)22(15)16/h1-8H. The number of fused-ring (bicyclic) bond motifs is 5. The van der Waals surface area contributed by atoms with Gasteiger partial charge in [-0.15, -0.1) is 0 Å². The molecule has 0 aliphatic rings. The molecule has 0 amide bonds. The molecule has 0 radical (unpaired) electrons. The lowest BCUT2D eigenvalue weighted by atomic mass is 10.2. The van der Waals surface area contributed by atoms with Crippen molar-refractivity contribution >= 4 is 27.8 Å². The SMILES string of the molecule is Fc1ccccc1-c1nc2nonc2c2nc3ccccc3n12. The van der Waals surface area contributed by atoms with Crippen molar-refractivity contribution in [3.63, 3.8) is 0 Å². The number of hydrogen-bond acceptors (Lipinski definition) is 5. The molecule has 0 fully saturated rings. The second kappa shape index (κ2) is 4.33. The van der Waals surface area contributed by atoms with Gasteiger partial charge in [0.15, 0.2) is 17.0 Å². The Labute approximate surface area is 128 Å². The summed E-state index contributed by atoms with van der Waals surface area (Å²) in [6.45, 7) is 0. The fraction of sp³-hybridized carbons (Fsp3) is 0. The summed E-state index contributed by atoms with van der Waals surface area (Å²) in [4.78, 5) is 9.00. The normalized spacial score (nSPS) is 11.7.